The van der Waals surface area contributed by atoms with Crippen LogP contribution >= 0.6 is 0 Å². The number of rotatable bonds is 12. The minimum absolute atomic E-state index is 0.00926. The molecular weight excluding hydrogens is 588 g/mol. The van der Waals surface area contributed by atoms with Gasteiger partial charge in [-0.15, -0.1) is 0 Å². The fourth-order valence-electron chi connectivity index (χ4n) is 2.59. The summed E-state index contributed by atoms with van der Waals surface area (Å²) in [6.07, 6.45) is 1.58. The molecule has 0 radical (unpaired) electrons. The lowest BCUT2D eigenvalue weighted by Gasteiger charge is -2.09. The molecule has 10 heteroatoms. The first kappa shape index (κ1) is 56.2. The minimum Gasteiger partial charge on any atom is -0.481 e. The highest BCUT2D eigenvalue weighted by Gasteiger charge is 2.15. The molecule has 10 nitrogen and oxygen atoms in total. The van der Waals surface area contributed by atoms with Crippen LogP contribution in [0.3, 0.4) is 0 Å². The number of nitrogens with two attached hydrogens (primary N) is 2. The van der Waals surface area contributed by atoms with Gasteiger partial charge in [0.2, 0.25) is 11.8 Å². The molecule has 280 valence electrons. The van der Waals surface area contributed by atoms with Crippen molar-refractivity contribution in [1.82, 2.24) is 0 Å². The number of carbonyl (C=O) groups excluding carboxylic acids is 2. The zero-order valence-electron chi connectivity index (χ0n) is 32.9. The second-order valence-corrected chi connectivity index (χ2v) is 14.6. The third-order valence-electron chi connectivity index (χ3n) is 7.30. The van der Waals surface area contributed by atoms with E-state index < -0.39 is 11.9 Å². The molecule has 46 heavy (non-hydrogen) atoms. The smallest absolute Gasteiger partial charge is 0.306 e. The number of aliphatic hydroxyl groups excluding tert-OH is 2. The first-order chi connectivity index (χ1) is 20.5. The van der Waals surface area contributed by atoms with Crippen molar-refractivity contribution in [2.45, 2.75) is 150 Å². The zero-order valence-corrected chi connectivity index (χ0v) is 32.9. The monoisotopic (exact) mass is 667 g/mol. The summed E-state index contributed by atoms with van der Waals surface area (Å²) < 4.78 is 0. The number of primary amides is 2. The van der Waals surface area contributed by atoms with Crippen molar-refractivity contribution >= 4 is 23.8 Å². The van der Waals surface area contributed by atoms with Gasteiger partial charge in [0, 0.05) is 11.8 Å². The molecule has 0 rings (SSSR count). The van der Waals surface area contributed by atoms with Crippen LogP contribution in [0, 0.1) is 59.2 Å². The van der Waals surface area contributed by atoms with Crippen molar-refractivity contribution in [1.29, 1.82) is 0 Å². The van der Waals surface area contributed by atoms with Crippen LogP contribution in [0.2, 0.25) is 0 Å². The second-order valence-electron chi connectivity index (χ2n) is 14.6. The van der Waals surface area contributed by atoms with Crippen LogP contribution in [0.5, 0.6) is 0 Å². The molecule has 0 aliphatic heterocycles. The molecule has 0 aliphatic rings. The van der Waals surface area contributed by atoms with Crippen molar-refractivity contribution in [2.24, 2.45) is 70.6 Å². The number of carboxylic acid groups (broad SMARTS) is 2. The van der Waals surface area contributed by atoms with E-state index >= 15 is 0 Å². The van der Waals surface area contributed by atoms with E-state index in [0.717, 1.165) is 12.8 Å². The molecule has 0 saturated carbocycles. The van der Waals surface area contributed by atoms with E-state index in [1.807, 2.05) is 83.1 Å². The number of carboxylic acids is 2. The van der Waals surface area contributed by atoms with Crippen molar-refractivity contribution in [3.63, 3.8) is 0 Å². The maximum Gasteiger partial charge on any atom is 0.306 e. The SMILES string of the molecule is CC(C)CC(C)O.CC(C)C[C@@H](C)O.CC(C)[C@@H](C)C(=O)O.CC(C)[C@@H](C)C(N)=O.CC(C)[C@H](C)C(=O)O.CC(C)[C@H](C)C(N)=O. The first-order valence-corrected chi connectivity index (χ1v) is 16.9. The third-order valence-corrected chi connectivity index (χ3v) is 7.30. The van der Waals surface area contributed by atoms with E-state index in [9.17, 15) is 19.2 Å². The Morgan fingerprint density at radius 3 is 0.587 bits per heavy atom. The van der Waals surface area contributed by atoms with Gasteiger partial charge in [-0.2, -0.15) is 0 Å². The van der Waals surface area contributed by atoms with Crippen LogP contribution in [0.25, 0.3) is 0 Å². The number of amides is 2. The fourth-order valence-corrected chi connectivity index (χ4v) is 2.59. The average Bonchev–Trinajstić information content (AvgIpc) is 2.86. The van der Waals surface area contributed by atoms with Gasteiger partial charge in [0.25, 0.3) is 0 Å². The van der Waals surface area contributed by atoms with Crippen molar-refractivity contribution < 1.29 is 39.6 Å². The number of aliphatic hydroxyl groups is 2. The Morgan fingerprint density at radius 1 is 0.413 bits per heavy atom. The number of aliphatic carboxylic acids is 2. The van der Waals surface area contributed by atoms with Gasteiger partial charge < -0.3 is 31.9 Å². The molecule has 0 spiro atoms. The highest BCUT2D eigenvalue weighted by Crippen LogP contribution is 2.09. The van der Waals surface area contributed by atoms with Crippen LogP contribution in [0.4, 0.5) is 0 Å². The maximum absolute atomic E-state index is 10.4. The third kappa shape index (κ3) is 48.7. The van der Waals surface area contributed by atoms with Gasteiger partial charge in [0.15, 0.2) is 0 Å². The van der Waals surface area contributed by atoms with E-state index in [4.69, 9.17) is 31.9 Å². The molecule has 0 heterocycles. The molecule has 0 aromatic carbocycles. The number of hydrogen-bond donors (Lipinski definition) is 6. The Morgan fingerprint density at radius 2 is 0.587 bits per heavy atom. The quantitative estimate of drug-likeness (QED) is 0.127. The van der Waals surface area contributed by atoms with E-state index in [2.05, 4.69) is 27.7 Å². The molecule has 8 N–H and O–H groups in total. The summed E-state index contributed by atoms with van der Waals surface area (Å²) in [5.41, 5.74) is 10.00. The molecule has 0 aromatic rings. The van der Waals surface area contributed by atoms with Gasteiger partial charge >= 0.3 is 11.9 Å². The van der Waals surface area contributed by atoms with E-state index in [-0.39, 0.29) is 59.5 Å². The predicted octanol–water partition coefficient (Wildman–Crippen LogP) is 7.08. The Balaban J connectivity index is -0.000000104. The summed E-state index contributed by atoms with van der Waals surface area (Å²) in [7, 11) is 0. The van der Waals surface area contributed by atoms with E-state index in [1.165, 1.54) is 0 Å². The predicted molar refractivity (Wildman–Crippen MR) is 192 cm³/mol. The molecule has 0 bridgehead atoms. The topological polar surface area (TPSA) is 201 Å². The van der Waals surface area contributed by atoms with Gasteiger partial charge in [-0.05, 0) is 62.2 Å². The second kappa shape index (κ2) is 32.7. The van der Waals surface area contributed by atoms with E-state index in [1.54, 1.807) is 13.8 Å². The normalized spacial score (nSPS) is 14.3. The highest BCUT2D eigenvalue weighted by molar-refractivity contribution is 5.76. The lowest BCUT2D eigenvalue weighted by Crippen LogP contribution is -2.24. The van der Waals surface area contributed by atoms with E-state index in [0.29, 0.717) is 23.7 Å². The Kier molecular flexibility index (Phi) is 40.0. The standard InChI is InChI=1S/2C6H13NO.2C6H12O2.2C6H14O/c4*1-4(2)5(3)6(7)8;2*1-5(2)4-6(3)7/h2*4-5H,1-3H3,(H2,7,8);2*4-5H,1-3H3,(H,7,8);2*5-7H,4H2,1-3H3/t4*5-;6-;/m10101./s1. The molecule has 0 fully saturated rings. The number of hydrogen-bond acceptors (Lipinski definition) is 6. The molecule has 0 aliphatic carbocycles. The Labute approximate surface area is 283 Å². The molecule has 6 atom stereocenters. The van der Waals surface area contributed by atoms with Crippen LogP contribution in [0.1, 0.15) is 137 Å². The Hall–Kier alpha value is -2.20. The molecule has 0 saturated heterocycles. The van der Waals surface area contributed by atoms with Crippen LogP contribution in [-0.4, -0.2) is 56.4 Å². The van der Waals surface area contributed by atoms with Gasteiger partial charge in [-0.25, -0.2) is 0 Å². The number of carbonyl (C=O) groups is 4. The molecule has 1 unspecified atom stereocenters. The summed E-state index contributed by atoms with van der Waals surface area (Å²) in [5.74, 6) is 0.231. The van der Waals surface area contributed by atoms with Gasteiger partial charge in [0.1, 0.15) is 0 Å². The molecule has 2 amide bonds. The molecular formula is C36H78N2O8. The summed E-state index contributed by atoms with van der Waals surface area (Å²) in [6, 6.07) is 0. The summed E-state index contributed by atoms with van der Waals surface area (Å²) >= 11 is 0. The average molecular weight is 667 g/mol. The lowest BCUT2D eigenvalue weighted by atomic mass is 9.98. The summed E-state index contributed by atoms with van der Waals surface area (Å²) in [5, 5.41) is 34.2. The summed E-state index contributed by atoms with van der Waals surface area (Å²) in [6.45, 7) is 34.7. The maximum atomic E-state index is 10.4. The zero-order chi connectivity index (χ0) is 38.7. The van der Waals surface area contributed by atoms with Crippen molar-refractivity contribution in [3.05, 3.63) is 0 Å². The first-order valence-electron chi connectivity index (χ1n) is 16.9. The van der Waals surface area contributed by atoms with Crippen LogP contribution < -0.4 is 11.5 Å². The molecule has 0 aromatic heterocycles. The highest BCUT2D eigenvalue weighted by atomic mass is 16.4. The van der Waals surface area contributed by atoms with Crippen molar-refractivity contribution in [3.8, 4) is 0 Å². The van der Waals surface area contributed by atoms with Gasteiger partial charge in [-0.3, -0.25) is 19.2 Å². The van der Waals surface area contributed by atoms with Crippen molar-refractivity contribution in [2.75, 3.05) is 0 Å². The summed E-state index contributed by atoms with van der Waals surface area (Å²) in [4.78, 5) is 41.0. The van der Waals surface area contributed by atoms with Crippen LogP contribution in [-0.2, 0) is 19.2 Å². The largest absolute Gasteiger partial charge is 0.481 e. The van der Waals surface area contributed by atoms with Crippen LogP contribution in [0.15, 0.2) is 0 Å². The lowest BCUT2D eigenvalue weighted by molar-refractivity contribution is -0.143. The fraction of sp³-hybridized carbons (Fsp3) is 0.889. The minimum atomic E-state index is -0.708. The van der Waals surface area contributed by atoms with Gasteiger partial charge in [0.05, 0.1) is 24.0 Å². The van der Waals surface area contributed by atoms with Gasteiger partial charge in [-0.1, -0.05) is 111 Å². The Bertz CT molecular complexity index is 626.